The third kappa shape index (κ3) is 5.18. The Morgan fingerprint density at radius 1 is 1.05 bits per heavy atom. The number of nitrogens with one attached hydrogen (secondary N) is 1. The monoisotopic (exact) mass is 534 g/mol. The lowest BCUT2D eigenvalue weighted by molar-refractivity contribution is -0.135. The number of nitrogens with two attached hydrogens (primary N) is 2. The number of urea groups is 1. The highest BCUT2D eigenvalue weighted by molar-refractivity contribution is 5.90. The molecule has 2 aliphatic heterocycles. The van der Waals surface area contributed by atoms with Crippen LogP contribution in [0.1, 0.15) is 25.3 Å². The van der Waals surface area contributed by atoms with E-state index in [4.69, 9.17) is 11.5 Å². The summed E-state index contributed by atoms with van der Waals surface area (Å²) in [6.07, 6.45) is 4.03. The predicted molar refractivity (Wildman–Crippen MR) is 147 cm³/mol. The first kappa shape index (κ1) is 26.0. The molecule has 4 atom stereocenters. The number of amides is 3. The highest BCUT2D eigenvalue weighted by atomic mass is 16.2. The van der Waals surface area contributed by atoms with Crippen LogP contribution in [0.15, 0.2) is 41.3 Å². The molecule has 2 unspecified atom stereocenters. The largest absolute Gasteiger partial charge is 0.354 e. The molecule has 208 valence electrons. The lowest BCUT2D eigenvalue weighted by atomic mass is 10.0. The zero-order chi connectivity index (χ0) is 27.3. The van der Waals surface area contributed by atoms with Crippen molar-refractivity contribution in [2.75, 3.05) is 51.1 Å². The van der Waals surface area contributed by atoms with Gasteiger partial charge in [-0.1, -0.05) is 12.1 Å². The number of carbonyl (C=O) groups excluding carboxylic acids is 2. The van der Waals surface area contributed by atoms with Gasteiger partial charge in [-0.05, 0) is 74.2 Å². The Morgan fingerprint density at radius 2 is 1.69 bits per heavy atom. The van der Waals surface area contributed by atoms with Crippen LogP contribution in [0.25, 0.3) is 5.69 Å². The van der Waals surface area contributed by atoms with Gasteiger partial charge in [0, 0.05) is 51.5 Å². The van der Waals surface area contributed by atoms with Crippen LogP contribution in [0.4, 0.5) is 10.6 Å². The van der Waals surface area contributed by atoms with Gasteiger partial charge in [0.1, 0.15) is 5.82 Å². The number of piperidine rings is 1. The third-order valence-electron chi connectivity index (χ3n) is 9.15. The normalized spacial score (nSPS) is 26.2. The Kier molecular flexibility index (Phi) is 6.68. The maximum absolute atomic E-state index is 12.8. The Morgan fingerprint density at radius 3 is 2.28 bits per heavy atom. The SMILES string of the molecule is CC(Cc1ccc(-n2ccc(NC(=O)N3CCN(C(=O)C4(N)CC4)CC3)nc2=O)cc1)N1C[C@@H]2C(CN)[C@@H]2C1. The van der Waals surface area contributed by atoms with E-state index in [1.165, 1.54) is 10.1 Å². The number of hydrogen-bond donors (Lipinski definition) is 3. The van der Waals surface area contributed by atoms with Gasteiger partial charge in [-0.25, -0.2) is 9.59 Å². The molecule has 6 rings (SSSR count). The van der Waals surface area contributed by atoms with E-state index in [2.05, 4.69) is 34.3 Å². The molecule has 11 heteroatoms. The van der Waals surface area contributed by atoms with Crippen molar-refractivity contribution in [2.45, 2.75) is 37.8 Å². The van der Waals surface area contributed by atoms with E-state index in [9.17, 15) is 14.4 Å². The Labute approximate surface area is 228 Å². The van der Waals surface area contributed by atoms with E-state index in [-0.39, 0.29) is 17.8 Å². The highest BCUT2D eigenvalue weighted by Gasteiger charge is 2.55. The number of nitrogens with zero attached hydrogens (tertiary/aromatic N) is 5. The van der Waals surface area contributed by atoms with E-state index >= 15 is 0 Å². The summed E-state index contributed by atoms with van der Waals surface area (Å²) in [5.41, 5.74) is 12.7. The van der Waals surface area contributed by atoms with Crippen molar-refractivity contribution in [3.8, 4) is 5.69 Å². The maximum atomic E-state index is 12.8. The Hall–Kier alpha value is -3.28. The number of anilines is 1. The number of rotatable bonds is 7. The highest BCUT2D eigenvalue weighted by Crippen LogP contribution is 2.51. The number of hydrogen-bond acceptors (Lipinski definition) is 7. The van der Waals surface area contributed by atoms with Crippen LogP contribution in [-0.2, 0) is 11.2 Å². The first-order chi connectivity index (χ1) is 18.8. The second kappa shape index (κ2) is 10.0. The van der Waals surface area contributed by atoms with Gasteiger partial charge < -0.3 is 21.3 Å². The fraction of sp³-hybridized carbons (Fsp3) is 0.571. The van der Waals surface area contributed by atoms with Gasteiger partial charge in [-0.3, -0.25) is 19.6 Å². The molecule has 3 heterocycles. The smallest absolute Gasteiger partial charge is 0.338 e. The first-order valence-electron chi connectivity index (χ1n) is 14.0. The molecule has 4 aliphatic rings. The predicted octanol–water partition coefficient (Wildman–Crippen LogP) is 0.467. The molecule has 5 N–H and O–H groups in total. The minimum Gasteiger partial charge on any atom is -0.338 e. The van der Waals surface area contributed by atoms with Crippen LogP contribution in [-0.4, -0.2) is 93.6 Å². The third-order valence-corrected chi connectivity index (χ3v) is 9.15. The average Bonchev–Trinajstić information content (AvgIpc) is 3.81. The van der Waals surface area contributed by atoms with Crippen molar-refractivity contribution in [3.05, 3.63) is 52.6 Å². The van der Waals surface area contributed by atoms with Crippen molar-refractivity contribution < 1.29 is 9.59 Å². The summed E-state index contributed by atoms with van der Waals surface area (Å²) in [6, 6.07) is 9.74. The van der Waals surface area contributed by atoms with Crippen molar-refractivity contribution >= 4 is 17.8 Å². The van der Waals surface area contributed by atoms with Gasteiger partial charge in [-0.2, -0.15) is 4.98 Å². The summed E-state index contributed by atoms with van der Waals surface area (Å²) in [7, 11) is 0. The fourth-order valence-corrected chi connectivity index (χ4v) is 6.29. The quantitative estimate of drug-likeness (QED) is 0.469. The Bertz CT molecular complexity index is 1290. The zero-order valence-electron chi connectivity index (χ0n) is 22.5. The fourth-order valence-electron chi connectivity index (χ4n) is 6.29. The topological polar surface area (TPSA) is 143 Å². The molecular weight excluding hydrogens is 496 g/mol. The second-order valence-corrected chi connectivity index (χ2v) is 11.7. The van der Waals surface area contributed by atoms with E-state index in [1.807, 2.05) is 12.1 Å². The number of benzene rings is 1. The van der Waals surface area contributed by atoms with E-state index in [0.29, 0.717) is 32.2 Å². The van der Waals surface area contributed by atoms with Crippen molar-refractivity contribution in [1.82, 2.24) is 24.3 Å². The van der Waals surface area contributed by atoms with Crippen molar-refractivity contribution in [2.24, 2.45) is 29.2 Å². The molecule has 2 aliphatic carbocycles. The molecule has 2 saturated carbocycles. The number of likely N-dealkylation sites (tertiary alicyclic amines) is 1. The van der Waals surface area contributed by atoms with Gasteiger partial charge in [-0.15, -0.1) is 0 Å². The molecule has 0 spiro atoms. The summed E-state index contributed by atoms with van der Waals surface area (Å²) in [5.74, 6) is 2.49. The number of aromatic nitrogens is 2. The van der Waals surface area contributed by atoms with Gasteiger partial charge in [0.05, 0.1) is 11.2 Å². The minimum atomic E-state index is -0.695. The van der Waals surface area contributed by atoms with Crippen molar-refractivity contribution in [1.29, 1.82) is 0 Å². The van der Waals surface area contributed by atoms with Gasteiger partial charge in [0.2, 0.25) is 5.91 Å². The number of fused-ring (bicyclic) bond motifs is 1. The molecular formula is C28H38N8O3. The second-order valence-electron chi connectivity index (χ2n) is 11.7. The van der Waals surface area contributed by atoms with Crippen LogP contribution in [0.2, 0.25) is 0 Å². The molecule has 4 fully saturated rings. The van der Waals surface area contributed by atoms with Gasteiger partial charge in [0.15, 0.2) is 0 Å². The molecule has 2 saturated heterocycles. The van der Waals surface area contributed by atoms with E-state index in [1.54, 1.807) is 22.1 Å². The standard InChI is InChI=1S/C28H38N8O3/c1-18(35-16-22-21(15-29)23(22)17-35)14-19-2-4-20(5-3-19)36-9-6-24(32-27(36)39)31-26(38)34-12-10-33(11-13-34)25(37)28(30)7-8-28/h2-6,9,18,21-23H,7-8,10-17,29-30H2,1H3,(H,31,32,38,39)/t18?,21?,22-,23+. The average molecular weight is 535 g/mol. The maximum Gasteiger partial charge on any atom is 0.354 e. The zero-order valence-corrected chi connectivity index (χ0v) is 22.5. The van der Waals surface area contributed by atoms with Crippen LogP contribution < -0.4 is 22.5 Å². The summed E-state index contributed by atoms with van der Waals surface area (Å²) in [4.78, 5) is 47.9. The number of carbonyl (C=O) groups is 2. The van der Waals surface area contributed by atoms with E-state index < -0.39 is 11.2 Å². The Balaban J connectivity index is 1.01. The molecule has 2 aromatic rings. The molecule has 0 bridgehead atoms. The summed E-state index contributed by atoms with van der Waals surface area (Å²) < 4.78 is 1.47. The first-order valence-corrected chi connectivity index (χ1v) is 14.0. The van der Waals surface area contributed by atoms with Crippen LogP contribution >= 0.6 is 0 Å². The molecule has 11 nitrogen and oxygen atoms in total. The van der Waals surface area contributed by atoms with Crippen LogP contribution in [0.5, 0.6) is 0 Å². The lowest BCUT2D eigenvalue weighted by Crippen LogP contribution is -2.55. The molecule has 1 aromatic carbocycles. The van der Waals surface area contributed by atoms with Gasteiger partial charge in [0.25, 0.3) is 0 Å². The lowest BCUT2D eigenvalue weighted by Gasteiger charge is -2.35. The molecule has 3 amide bonds. The molecule has 1 aromatic heterocycles. The van der Waals surface area contributed by atoms with Crippen LogP contribution in [0.3, 0.4) is 0 Å². The summed E-state index contributed by atoms with van der Waals surface area (Å²) in [6.45, 7) is 7.11. The molecule has 0 radical (unpaired) electrons. The minimum absolute atomic E-state index is 0.0284. The van der Waals surface area contributed by atoms with E-state index in [0.717, 1.165) is 62.3 Å². The van der Waals surface area contributed by atoms with Crippen LogP contribution in [0, 0.1) is 17.8 Å². The van der Waals surface area contributed by atoms with Crippen molar-refractivity contribution in [3.63, 3.8) is 0 Å². The summed E-state index contributed by atoms with van der Waals surface area (Å²) in [5, 5.41) is 2.71. The molecule has 39 heavy (non-hydrogen) atoms. The number of piperazine rings is 1. The summed E-state index contributed by atoms with van der Waals surface area (Å²) >= 11 is 0. The van der Waals surface area contributed by atoms with Gasteiger partial charge >= 0.3 is 11.7 Å².